The normalized spacial score (nSPS) is 17.0. The van der Waals surface area contributed by atoms with Crippen LogP contribution in [-0.4, -0.2) is 22.6 Å². The molecular formula is C7H5NO4. The minimum absolute atomic E-state index is 0.231. The van der Waals surface area contributed by atoms with E-state index in [4.69, 9.17) is 10.8 Å². The van der Waals surface area contributed by atoms with Crippen molar-refractivity contribution in [3.8, 4) is 0 Å². The molecule has 62 valence electrons. The molecular weight excluding hydrogens is 162 g/mol. The fourth-order valence-electron chi connectivity index (χ4n) is 0.743. The SMILES string of the molecule is NC1=CC(=O)C(C(=O)O)=CC1=O. The Morgan fingerprint density at radius 2 is 1.83 bits per heavy atom. The summed E-state index contributed by atoms with van der Waals surface area (Å²) < 4.78 is 0. The Bertz CT molecular complexity index is 337. The molecule has 0 atom stereocenters. The van der Waals surface area contributed by atoms with E-state index in [1.165, 1.54) is 0 Å². The van der Waals surface area contributed by atoms with Crippen molar-refractivity contribution in [1.82, 2.24) is 0 Å². The highest BCUT2D eigenvalue weighted by Crippen LogP contribution is 2.07. The van der Waals surface area contributed by atoms with Crippen molar-refractivity contribution in [1.29, 1.82) is 0 Å². The van der Waals surface area contributed by atoms with Gasteiger partial charge in [0.25, 0.3) is 0 Å². The van der Waals surface area contributed by atoms with Gasteiger partial charge in [0.1, 0.15) is 5.57 Å². The van der Waals surface area contributed by atoms with Crippen LogP contribution in [0, 0.1) is 0 Å². The summed E-state index contributed by atoms with van der Waals surface area (Å²) in [5.41, 5.74) is 4.31. The molecule has 0 unspecified atom stereocenters. The fourth-order valence-corrected chi connectivity index (χ4v) is 0.743. The summed E-state index contributed by atoms with van der Waals surface area (Å²) in [5, 5.41) is 8.40. The van der Waals surface area contributed by atoms with Gasteiger partial charge in [0, 0.05) is 12.2 Å². The Balaban J connectivity index is 3.09. The predicted molar refractivity (Wildman–Crippen MR) is 38.0 cm³/mol. The van der Waals surface area contributed by atoms with Gasteiger partial charge >= 0.3 is 5.97 Å². The van der Waals surface area contributed by atoms with Gasteiger partial charge in [-0.2, -0.15) is 0 Å². The molecule has 12 heavy (non-hydrogen) atoms. The molecule has 1 aliphatic rings. The second kappa shape index (κ2) is 2.61. The van der Waals surface area contributed by atoms with E-state index in [9.17, 15) is 14.4 Å². The van der Waals surface area contributed by atoms with E-state index in [0.29, 0.717) is 0 Å². The molecule has 0 saturated carbocycles. The second-order valence-electron chi connectivity index (χ2n) is 2.19. The number of hydrogen-bond acceptors (Lipinski definition) is 4. The third-order valence-electron chi connectivity index (χ3n) is 1.34. The maximum absolute atomic E-state index is 10.8. The van der Waals surface area contributed by atoms with Crippen molar-refractivity contribution in [2.24, 2.45) is 5.73 Å². The smallest absolute Gasteiger partial charge is 0.339 e. The maximum Gasteiger partial charge on any atom is 0.339 e. The van der Waals surface area contributed by atoms with Gasteiger partial charge < -0.3 is 10.8 Å². The molecule has 0 fully saturated rings. The molecule has 5 nitrogen and oxygen atoms in total. The zero-order chi connectivity index (χ0) is 9.30. The van der Waals surface area contributed by atoms with Crippen molar-refractivity contribution in [3.05, 3.63) is 23.4 Å². The van der Waals surface area contributed by atoms with E-state index >= 15 is 0 Å². The van der Waals surface area contributed by atoms with Crippen LogP contribution in [0.25, 0.3) is 0 Å². The number of carboxylic acid groups (broad SMARTS) is 1. The van der Waals surface area contributed by atoms with Crippen molar-refractivity contribution < 1.29 is 19.5 Å². The molecule has 0 heterocycles. The highest BCUT2D eigenvalue weighted by atomic mass is 16.4. The third-order valence-corrected chi connectivity index (χ3v) is 1.34. The van der Waals surface area contributed by atoms with Gasteiger partial charge in [-0.25, -0.2) is 4.79 Å². The summed E-state index contributed by atoms with van der Waals surface area (Å²) in [6.45, 7) is 0. The average molecular weight is 167 g/mol. The van der Waals surface area contributed by atoms with Crippen molar-refractivity contribution in [2.75, 3.05) is 0 Å². The van der Waals surface area contributed by atoms with Gasteiger partial charge in [0.2, 0.25) is 5.78 Å². The number of aliphatic carboxylic acids is 1. The topological polar surface area (TPSA) is 97.5 Å². The number of carboxylic acids is 1. The molecule has 1 rings (SSSR count). The molecule has 5 heteroatoms. The van der Waals surface area contributed by atoms with E-state index in [-0.39, 0.29) is 5.70 Å². The Labute approximate surface area is 67.2 Å². The molecule has 0 aromatic heterocycles. The van der Waals surface area contributed by atoms with Crippen LogP contribution in [0.3, 0.4) is 0 Å². The first kappa shape index (κ1) is 8.19. The fraction of sp³-hybridized carbons (Fsp3) is 0. The lowest BCUT2D eigenvalue weighted by Gasteiger charge is -2.04. The van der Waals surface area contributed by atoms with Gasteiger partial charge in [-0.15, -0.1) is 0 Å². The molecule has 0 aromatic rings. The zero-order valence-electron chi connectivity index (χ0n) is 5.90. The number of carbonyl (C=O) groups excluding carboxylic acids is 2. The van der Waals surface area contributed by atoms with Gasteiger partial charge in [-0.05, 0) is 0 Å². The minimum atomic E-state index is -1.42. The molecule has 0 saturated heterocycles. The van der Waals surface area contributed by atoms with Crippen molar-refractivity contribution >= 4 is 17.5 Å². The van der Waals surface area contributed by atoms with Crippen molar-refractivity contribution in [2.45, 2.75) is 0 Å². The van der Waals surface area contributed by atoms with Gasteiger partial charge in [-0.1, -0.05) is 0 Å². The number of carbonyl (C=O) groups is 3. The van der Waals surface area contributed by atoms with E-state index in [2.05, 4.69) is 0 Å². The molecule has 3 N–H and O–H groups in total. The summed E-state index contributed by atoms with van der Waals surface area (Å²) in [5.74, 6) is -2.82. The molecule has 0 aliphatic heterocycles. The summed E-state index contributed by atoms with van der Waals surface area (Å²) in [7, 11) is 0. The van der Waals surface area contributed by atoms with Crippen LogP contribution in [0.15, 0.2) is 23.4 Å². The molecule has 0 amide bonds. The molecule has 0 aromatic carbocycles. The highest BCUT2D eigenvalue weighted by Gasteiger charge is 2.22. The first-order valence-corrected chi connectivity index (χ1v) is 3.03. The van der Waals surface area contributed by atoms with E-state index in [1.807, 2.05) is 0 Å². The first-order valence-electron chi connectivity index (χ1n) is 3.03. The minimum Gasteiger partial charge on any atom is -0.478 e. The van der Waals surface area contributed by atoms with Crippen molar-refractivity contribution in [3.63, 3.8) is 0 Å². The Morgan fingerprint density at radius 3 is 2.33 bits per heavy atom. The van der Waals surface area contributed by atoms with Crippen LogP contribution >= 0.6 is 0 Å². The maximum atomic E-state index is 10.8. The number of rotatable bonds is 1. The average Bonchev–Trinajstić information content (AvgIpc) is 1.96. The number of hydrogen-bond donors (Lipinski definition) is 2. The summed E-state index contributed by atoms with van der Waals surface area (Å²) in [4.78, 5) is 31.9. The molecule has 0 spiro atoms. The van der Waals surface area contributed by atoms with Gasteiger partial charge in [-0.3, -0.25) is 9.59 Å². The summed E-state index contributed by atoms with van der Waals surface area (Å²) >= 11 is 0. The number of allylic oxidation sites excluding steroid dienone is 2. The number of nitrogens with two attached hydrogens (primary N) is 1. The third kappa shape index (κ3) is 1.24. The van der Waals surface area contributed by atoms with Crippen LogP contribution in [0.1, 0.15) is 0 Å². The molecule has 1 aliphatic carbocycles. The molecule has 0 radical (unpaired) electrons. The standard InChI is InChI=1S/C7H5NO4/c8-4-2-5(9)3(7(11)12)1-6(4)10/h1-2H,8H2,(H,11,12). The Morgan fingerprint density at radius 1 is 1.25 bits per heavy atom. The lowest BCUT2D eigenvalue weighted by atomic mass is 10.0. The van der Waals surface area contributed by atoms with Gasteiger partial charge in [0.15, 0.2) is 5.78 Å². The van der Waals surface area contributed by atoms with E-state index in [0.717, 1.165) is 12.2 Å². The summed E-state index contributed by atoms with van der Waals surface area (Å²) in [6.07, 6.45) is 1.53. The monoisotopic (exact) mass is 167 g/mol. The molecule has 0 bridgehead atoms. The van der Waals surface area contributed by atoms with Crippen LogP contribution in [0.4, 0.5) is 0 Å². The van der Waals surface area contributed by atoms with Crippen LogP contribution in [0.5, 0.6) is 0 Å². The highest BCUT2D eigenvalue weighted by molar-refractivity contribution is 6.29. The summed E-state index contributed by atoms with van der Waals surface area (Å²) in [6, 6.07) is 0. The largest absolute Gasteiger partial charge is 0.478 e. The van der Waals surface area contributed by atoms with E-state index < -0.39 is 23.1 Å². The second-order valence-corrected chi connectivity index (χ2v) is 2.19. The predicted octanol–water partition coefficient (Wildman–Crippen LogP) is -1.01. The first-order chi connectivity index (χ1) is 5.52. The van der Waals surface area contributed by atoms with E-state index in [1.54, 1.807) is 0 Å². The Kier molecular flexibility index (Phi) is 1.78. The van der Waals surface area contributed by atoms with Crippen LogP contribution < -0.4 is 5.73 Å². The Hall–Kier alpha value is -1.91. The lowest BCUT2D eigenvalue weighted by Crippen LogP contribution is -2.22. The number of ketones is 2. The zero-order valence-corrected chi connectivity index (χ0v) is 5.90. The van der Waals surface area contributed by atoms with Crippen LogP contribution in [0.2, 0.25) is 0 Å². The van der Waals surface area contributed by atoms with Crippen LogP contribution in [-0.2, 0) is 14.4 Å². The quantitative estimate of drug-likeness (QED) is 0.385. The lowest BCUT2D eigenvalue weighted by molar-refractivity contribution is -0.134. The van der Waals surface area contributed by atoms with Gasteiger partial charge in [0.05, 0.1) is 5.70 Å².